The lowest BCUT2D eigenvalue weighted by atomic mass is 10.1. The molecule has 0 saturated carbocycles. The second-order valence-electron chi connectivity index (χ2n) is 7.54. The molecular formula is C22H26ClN5O2. The van der Waals surface area contributed by atoms with Crippen LogP contribution in [-0.4, -0.2) is 34.1 Å². The predicted molar refractivity (Wildman–Crippen MR) is 117 cm³/mol. The third kappa shape index (κ3) is 4.56. The first kappa shape index (κ1) is 20.6. The van der Waals surface area contributed by atoms with E-state index < -0.39 is 0 Å². The molecule has 0 bridgehead atoms. The van der Waals surface area contributed by atoms with Gasteiger partial charge in [-0.3, -0.25) is 4.79 Å². The second kappa shape index (κ2) is 9.43. The maximum Gasteiger partial charge on any atom is 0.263 e. The van der Waals surface area contributed by atoms with E-state index >= 15 is 0 Å². The molecule has 1 aliphatic rings. The standard InChI is InChI=1S/C22H26ClN5O2/c1-2-17-20-21(28-12-6-3-7-13-28)25-18(26-22(20)30-27-17)10-11-19(29)24-14-15-8-4-5-9-16(15)23/h4-5,8-9H,2-3,6-7,10-14H2,1H3,(H,24,29). The molecule has 0 unspecified atom stereocenters. The molecule has 4 rings (SSSR count). The van der Waals surface area contributed by atoms with Crippen LogP contribution in [0.15, 0.2) is 28.8 Å². The highest BCUT2D eigenvalue weighted by Gasteiger charge is 2.22. The van der Waals surface area contributed by atoms with Gasteiger partial charge < -0.3 is 14.7 Å². The van der Waals surface area contributed by atoms with Gasteiger partial charge in [-0.15, -0.1) is 0 Å². The van der Waals surface area contributed by atoms with E-state index in [2.05, 4.69) is 27.3 Å². The van der Waals surface area contributed by atoms with Gasteiger partial charge in [-0.25, -0.2) is 4.98 Å². The van der Waals surface area contributed by atoms with Crippen molar-refractivity contribution in [3.63, 3.8) is 0 Å². The minimum atomic E-state index is -0.0649. The van der Waals surface area contributed by atoms with Gasteiger partial charge in [0, 0.05) is 37.5 Å². The van der Waals surface area contributed by atoms with Crippen molar-refractivity contribution < 1.29 is 9.32 Å². The summed E-state index contributed by atoms with van der Waals surface area (Å²) in [6.07, 6.45) is 5.04. The molecule has 0 spiro atoms. The number of halogens is 1. The number of nitrogens with one attached hydrogen (secondary N) is 1. The molecule has 158 valence electrons. The number of amides is 1. The molecule has 30 heavy (non-hydrogen) atoms. The van der Waals surface area contributed by atoms with E-state index in [0.717, 1.165) is 54.8 Å². The molecule has 7 nitrogen and oxygen atoms in total. The summed E-state index contributed by atoms with van der Waals surface area (Å²) >= 11 is 6.15. The summed E-state index contributed by atoms with van der Waals surface area (Å²) in [6.45, 7) is 4.39. The van der Waals surface area contributed by atoms with E-state index in [1.807, 2.05) is 24.3 Å². The summed E-state index contributed by atoms with van der Waals surface area (Å²) in [6, 6.07) is 7.49. The summed E-state index contributed by atoms with van der Waals surface area (Å²) in [7, 11) is 0. The summed E-state index contributed by atoms with van der Waals surface area (Å²) in [5, 5.41) is 8.65. The van der Waals surface area contributed by atoms with E-state index in [1.54, 1.807) is 0 Å². The lowest BCUT2D eigenvalue weighted by Crippen LogP contribution is -2.31. The van der Waals surface area contributed by atoms with E-state index in [0.29, 0.717) is 35.9 Å². The minimum Gasteiger partial charge on any atom is -0.356 e. The minimum absolute atomic E-state index is 0.0649. The van der Waals surface area contributed by atoms with Gasteiger partial charge >= 0.3 is 0 Å². The van der Waals surface area contributed by atoms with Gasteiger partial charge in [0.05, 0.1) is 5.69 Å². The van der Waals surface area contributed by atoms with Crippen molar-refractivity contribution in [1.82, 2.24) is 20.4 Å². The van der Waals surface area contributed by atoms with Gasteiger partial charge in [0.25, 0.3) is 5.71 Å². The van der Waals surface area contributed by atoms with Crippen LogP contribution in [0, 0.1) is 0 Å². The quantitative estimate of drug-likeness (QED) is 0.611. The maximum atomic E-state index is 12.3. The Morgan fingerprint density at radius 3 is 2.77 bits per heavy atom. The topological polar surface area (TPSA) is 84.1 Å². The Morgan fingerprint density at radius 2 is 2.00 bits per heavy atom. The van der Waals surface area contributed by atoms with Crippen molar-refractivity contribution in [2.75, 3.05) is 18.0 Å². The van der Waals surface area contributed by atoms with Crippen LogP contribution in [0.4, 0.5) is 5.82 Å². The number of nitrogens with zero attached hydrogens (tertiary/aromatic N) is 4. The number of fused-ring (bicyclic) bond motifs is 1. The number of carbonyl (C=O) groups excluding carboxylic acids is 1. The van der Waals surface area contributed by atoms with Crippen molar-refractivity contribution >= 4 is 34.4 Å². The van der Waals surface area contributed by atoms with Crippen LogP contribution in [0.25, 0.3) is 11.1 Å². The third-order valence-electron chi connectivity index (χ3n) is 5.43. The molecule has 1 saturated heterocycles. The molecule has 3 aromatic rings. The van der Waals surface area contributed by atoms with Gasteiger partial charge in [-0.05, 0) is 37.3 Å². The van der Waals surface area contributed by atoms with Crippen LogP contribution in [0.5, 0.6) is 0 Å². The Hall–Kier alpha value is -2.67. The Morgan fingerprint density at radius 1 is 1.20 bits per heavy atom. The number of hydrogen-bond donors (Lipinski definition) is 1. The zero-order chi connectivity index (χ0) is 20.9. The number of aryl methyl sites for hydroxylation is 2. The van der Waals surface area contributed by atoms with E-state index in [4.69, 9.17) is 21.1 Å². The van der Waals surface area contributed by atoms with Crippen LogP contribution in [-0.2, 0) is 24.2 Å². The molecule has 1 fully saturated rings. The average Bonchev–Trinajstić information content (AvgIpc) is 3.20. The van der Waals surface area contributed by atoms with Gasteiger partial charge in [0.2, 0.25) is 5.91 Å². The average molecular weight is 428 g/mol. The van der Waals surface area contributed by atoms with Gasteiger partial charge in [0.15, 0.2) is 0 Å². The van der Waals surface area contributed by atoms with E-state index in [-0.39, 0.29) is 5.91 Å². The fourth-order valence-corrected chi connectivity index (χ4v) is 3.97. The van der Waals surface area contributed by atoms with Crippen LogP contribution in [0.2, 0.25) is 5.02 Å². The molecule has 0 aliphatic carbocycles. The Labute approximate surface area is 180 Å². The van der Waals surface area contributed by atoms with Crippen LogP contribution in [0.1, 0.15) is 49.7 Å². The highest BCUT2D eigenvalue weighted by atomic mass is 35.5. The number of hydrogen-bond acceptors (Lipinski definition) is 6. The molecule has 1 aliphatic heterocycles. The van der Waals surface area contributed by atoms with Crippen molar-refractivity contribution in [2.24, 2.45) is 0 Å². The van der Waals surface area contributed by atoms with E-state index in [1.165, 1.54) is 6.42 Å². The number of rotatable bonds is 7. The fourth-order valence-electron chi connectivity index (χ4n) is 3.77. The third-order valence-corrected chi connectivity index (χ3v) is 5.80. The molecule has 8 heteroatoms. The van der Waals surface area contributed by atoms with E-state index in [9.17, 15) is 4.79 Å². The number of benzene rings is 1. The molecule has 2 aromatic heterocycles. The molecule has 1 N–H and O–H groups in total. The monoisotopic (exact) mass is 427 g/mol. The van der Waals surface area contributed by atoms with Gasteiger partial charge in [0.1, 0.15) is 17.0 Å². The zero-order valence-corrected chi connectivity index (χ0v) is 17.9. The summed E-state index contributed by atoms with van der Waals surface area (Å²) in [5.74, 6) is 1.43. The highest BCUT2D eigenvalue weighted by Crippen LogP contribution is 2.30. The lowest BCUT2D eigenvalue weighted by molar-refractivity contribution is -0.121. The van der Waals surface area contributed by atoms with Crippen LogP contribution in [0.3, 0.4) is 0 Å². The first-order chi connectivity index (χ1) is 14.7. The largest absolute Gasteiger partial charge is 0.356 e. The first-order valence-electron chi connectivity index (χ1n) is 10.6. The second-order valence-corrected chi connectivity index (χ2v) is 7.95. The van der Waals surface area contributed by atoms with Gasteiger partial charge in [-0.1, -0.05) is 41.9 Å². The van der Waals surface area contributed by atoms with Crippen molar-refractivity contribution in [1.29, 1.82) is 0 Å². The zero-order valence-electron chi connectivity index (χ0n) is 17.2. The number of piperidine rings is 1. The molecule has 0 atom stereocenters. The molecule has 3 heterocycles. The SMILES string of the molecule is CCc1noc2nc(CCC(=O)NCc3ccccc3Cl)nc(N3CCCCC3)c12. The summed E-state index contributed by atoms with van der Waals surface area (Å²) in [5.41, 5.74) is 2.29. The molecule has 1 amide bonds. The van der Waals surface area contributed by atoms with Crippen molar-refractivity contribution in [2.45, 2.75) is 52.0 Å². The maximum absolute atomic E-state index is 12.3. The molecule has 0 radical (unpaired) electrons. The normalized spacial score (nSPS) is 14.3. The molecular weight excluding hydrogens is 402 g/mol. The first-order valence-corrected chi connectivity index (χ1v) is 10.9. The van der Waals surface area contributed by atoms with Crippen molar-refractivity contribution in [3.8, 4) is 0 Å². The Balaban J connectivity index is 1.47. The van der Waals surface area contributed by atoms with Gasteiger partial charge in [-0.2, -0.15) is 4.98 Å². The number of carbonyl (C=O) groups is 1. The smallest absolute Gasteiger partial charge is 0.263 e. The summed E-state index contributed by atoms with van der Waals surface area (Å²) in [4.78, 5) is 24.0. The highest BCUT2D eigenvalue weighted by molar-refractivity contribution is 6.31. The van der Waals surface area contributed by atoms with Crippen molar-refractivity contribution in [3.05, 3.63) is 46.4 Å². The summed E-state index contributed by atoms with van der Waals surface area (Å²) < 4.78 is 5.49. The van der Waals surface area contributed by atoms with Crippen LogP contribution < -0.4 is 10.2 Å². The Kier molecular flexibility index (Phi) is 6.47. The lowest BCUT2D eigenvalue weighted by Gasteiger charge is -2.28. The number of aromatic nitrogens is 3. The Bertz CT molecular complexity index is 1030. The number of anilines is 1. The fraction of sp³-hybridized carbons (Fsp3) is 0.455. The molecule has 1 aromatic carbocycles. The van der Waals surface area contributed by atoms with Crippen LogP contribution >= 0.6 is 11.6 Å². The predicted octanol–water partition coefficient (Wildman–Crippen LogP) is 4.07.